The lowest BCUT2D eigenvalue weighted by atomic mass is 9.59. The zero-order chi connectivity index (χ0) is 38.2. The maximum absolute atomic E-state index is 14.4. The molecule has 0 unspecified atom stereocenters. The molecule has 2 heterocycles. The molecular formula is C46H51N5O5. The molecule has 2 aliphatic heterocycles. The highest BCUT2D eigenvalue weighted by Gasteiger charge is 2.69. The van der Waals surface area contributed by atoms with Gasteiger partial charge in [-0.3, -0.25) is 24.0 Å². The van der Waals surface area contributed by atoms with Crippen molar-refractivity contribution in [2.75, 3.05) is 26.2 Å². The Morgan fingerprint density at radius 3 is 1.32 bits per heavy atom. The summed E-state index contributed by atoms with van der Waals surface area (Å²) in [5.74, 6) is -0.852. The molecule has 290 valence electrons. The number of carbonyl (C=O) groups is 5. The molecule has 6 saturated carbocycles. The van der Waals surface area contributed by atoms with Crippen LogP contribution in [0.3, 0.4) is 0 Å². The van der Waals surface area contributed by atoms with Gasteiger partial charge in [-0.05, 0) is 68.1 Å². The molecule has 9 atom stereocenters. The molecule has 10 heteroatoms. The molecule has 3 N–H and O–H groups in total. The number of amides is 5. The predicted molar refractivity (Wildman–Crippen MR) is 209 cm³/mol. The smallest absolute Gasteiger partial charge is 0.228 e. The average molecular weight is 754 g/mol. The van der Waals surface area contributed by atoms with Crippen LogP contribution in [0, 0.1) is 28.6 Å². The van der Waals surface area contributed by atoms with E-state index in [0.717, 1.165) is 19.3 Å². The van der Waals surface area contributed by atoms with Gasteiger partial charge in [-0.2, -0.15) is 0 Å². The summed E-state index contributed by atoms with van der Waals surface area (Å²) in [5, 5.41) is 9.70. The number of likely N-dealkylation sites (tertiary alicyclic amines) is 2. The first-order valence-electron chi connectivity index (χ1n) is 20.9. The number of hydrogen-bond acceptors (Lipinski definition) is 5. The Kier molecular flexibility index (Phi) is 8.60. The van der Waals surface area contributed by atoms with E-state index >= 15 is 0 Å². The third kappa shape index (κ3) is 6.39. The van der Waals surface area contributed by atoms with Crippen molar-refractivity contribution in [2.45, 2.75) is 87.2 Å². The van der Waals surface area contributed by atoms with Gasteiger partial charge in [-0.25, -0.2) is 0 Å². The van der Waals surface area contributed by atoms with Gasteiger partial charge in [0.25, 0.3) is 0 Å². The van der Waals surface area contributed by atoms with Crippen molar-refractivity contribution < 1.29 is 24.0 Å². The number of nitrogens with zero attached hydrogens (tertiary/aromatic N) is 2. The van der Waals surface area contributed by atoms with Crippen LogP contribution in [0.5, 0.6) is 0 Å². The van der Waals surface area contributed by atoms with E-state index in [1.54, 1.807) is 4.90 Å². The highest BCUT2D eigenvalue weighted by molar-refractivity contribution is 5.95. The summed E-state index contributed by atoms with van der Waals surface area (Å²) in [6.07, 6.45) is 5.60. The summed E-state index contributed by atoms with van der Waals surface area (Å²) < 4.78 is 0. The molecule has 56 heavy (non-hydrogen) atoms. The summed E-state index contributed by atoms with van der Waals surface area (Å²) in [6, 6.07) is 30.8. The molecule has 2 bridgehead atoms. The number of nitrogens with one attached hydrogen (secondary N) is 3. The number of hydrogen-bond donors (Lipinski definition) is 3. The first kappa shape index (κ1) is 35.4. The molecule has 8 fully saturated rings. The molecule has 3 aromatic rings. The van der Waals surface area contributed by atoms with Crippen LogP contribution in [0.4, 0.5) is 0 Å². The van der Waals surface area contributed by atoms with Gasteiger partial charge in [0.2, 0.25) is 29.5 Å². The second kappa shape index (κ2) is 13.6. The van der Waals surface area contributed by atoms with Gasteiger partial charge in [0, 0.05) is 62.1 Å². The van der Waals surface area contributed by atoms with Crippen molar-refractivity contribution in [1.29, 1.82) is 0 Å². The number of fused-ring (bicyclic) bond motifs is 1. The van der Waals surface area contributed by atoms with E-state index in [4.69, 9.17) is 0 Å². The van der Waals surface area contributed by atoms with Crippen molar-refractivity contribution in [3.05, 3.63) is 108 Å². The Balaban J connectivity index is 0.767. The van der Waals surface area contributed by atoms with Gasteiger partial charge in [0.1, 0.15) is 0 Å². The van der Waals surface area contributed by atoms with E-state index < -0.39 is 22.7 Å². The first-order chi connectivity index (χ1) is 27.2. The van der Waals surface area contributed by atoms with Gasteiger partial charge in [-0.15, -0.1) is 0 Å². The Morgan fingerprint density at radius 2 is 0.893 bits per heavy atom. The van der Waals surface area contributed by atoms with E-state index in [1.807, 2.05) is 59.5 Å². The Hall–Kier alpha value is -4.99. The van der Waals surface area contributed by atoms with Crippen molar-refractivity contribution in [2.24, 2.45) is 28.6 Å². The number of rotatable bonds is 11. The summed E-state index contributed by atoms with van der Waals surface area (Å²) in [7, 11) is 0. The Morgan fingerprint density at radius 1 is 0.500 bits per heavy atom. The summed E-state index contributed by atoms with van der Waals surface area (Å²) in [4.78, 5) is 73.2. The molecule has 0 radical (unpaired) electrons. The zero-order valence-corrected chi connectivity index (χ0v) is 31.8. The van der Waals surface area contributed by atoms with Crippen LogP contribution in [0.2, 0.25) is 0 Å². The van der Waals surface area contributed by atoms with E-state index in [9.17, 15) is 24.0 Å². The minimum atomic E-state index is -0.638. The van der Waals surface area contributed by atoms with Crippen LogP contribution in [0.15, 0.2) is 91.0 Å². The molecule has 8 aliphatic rings. The molecule has 0 aromatic heterocycles. The quantitative estimate of drug-likeness (QED) is 0.266. The minimum absolute atomic E-state index is 0.0205. The second-order valence-electron chi connectivity index (χ2n) is 18.2. The summed E-state index contributed by atoms with van der Waals surface area (Å²) >= 11 is 0. The van der Waals surface area contributed by atoms with Crippen molar-refractivity contribution in [3.8, 4) is 0 Å². The van der Waals surface area contributed by atoms with Crippen molar-refractivity contribution in [1.82, 2.24) is 25.8 Å². The number of benzene rings is 3. The van der Waals surface area contributed by atoms with Crippen molar-refractivity contribution >= 4 is 29.5 Å². The molecule has 3 aromatic carbocycles. The average Bonchev–Trinajstić information content (AvgIpc) is 4.12. The SMILES string of the molecule is O=C(N[C@H]1C[C@@H]1c1ccccc1)[C@H]1CCN(C(=O)C23CCC(C(=O)N4C[C@@H](C(=O)N[C@H]5C[C@@H]5c5ccccc5)[C@H](C(=O)N[C@H]5C[C@@H]5c5ccccc5)C4)(C2)C3)C1. The lowest BCUT2D eigenvalue weighted by Gasteiger charge is -2.47. The van der Waals surface area contributed by atoms with Crippen LogP contribution in [-0.2, 0) is 24.0 Å². The van der Waals surface area contributed by atoms with Crippen LogP contribution in [-0.4, -0.2) is 83.6 Å². The molecule has 6 aliphatic carbocycles. The van der Waals surface area contributed by atoms with Gasteiger partial charge in [-0.1, -0.05) is 91.0 Å². The Bertz CT molecular complexity index is 1960. The summed E-state index contributed by atoms with van der Waals surface area (Å²) in [6.45, 7) is 1.39. The Labute approximate surface area is 328 Å². The minimum Gasteiger partial charge on any atom is -0.352 e. The maximum atomic E-state index is 14.4. The third-order valence-electron chi connectivity index (χ3n) is 14.5. The van der Waals surface area contributed by atoms with Gasteiger partial charge < -0.3 is 25.8 Å². The normalized spacial score (nSPS) is 36.0. The second-order valence-corrected chi connectivity index (χ2v) is 18.2. The topological polar surface area (TPSA) is 128 Å². The molecular weight excluding hydrogens is 703 g/mol. The fourth-order valence-corrected chi connectivity index (χ4v) is 11.1. The fraction of sp³-hybridized carbons (Fsp3) is 0.500. The highest BCUT2D eigenvalue weighted by atomic mass is 16.2. The monoisotopic (exact) mass is 753 g/mol. The van der Waals surface area contributed by atoms with Crippen LogP contribution in [0.1, 0.15) is 85.8 Å². The van der Waals surface area contributed by atoms with Gasteiger partial charge in [0.05, 0.1) is 28.6 Å². The van der Waals surface area contributed by atoms with E-state index in [0.29, 0.717) is 51.1 Å². The van der Waals surface area contributed by atoms with Crippen LogP contribution < -0.4 is 16.0 Å². The van der Waals surface area contributed by atoms with Gasteiger partial charge >= 0.3 is 0 Å². The highest BCUT2D eigenvalue weighted by Crippen LogP contribution is 2.68. The third-order valence-corrected chi connectivity index (χ3v) is 14.5. The predicted octanol–water partition coefficient (Wildman–Crippen LogP) is 4.49. The zero-order valence-electron chi connectivity index (χ0n) is 31.8. The number of carbonyl (C=O) groups excluding carboxylic acids is 5. The molecule has 11 rings (SSSR count). The van der Waals surface area contributed by atoms with Gasteiger partial charge in [0.15, 0.2) is 0 Å². The molecule has 0 spiro atoms. The van der Waals surface area contributed by atoms with Crippen LogP contribution >= 0.6 is 0 Å². The van der Waals surface area contributed by atoms with E-state index in [1.165, 1.54) is 16.7 Å². The standard InChI is InChI=1S/C46H51N5O5/c52-40(47-37-20-32(37)28-10-4-1-5-11-28)31-16-19-50(23-31)43(55)45-17-18-46(26-45,27-45)44(56)51-24-35(41(53)48-38-21-33(38)29-12-6-2-7-13-29)36(25-51)42(54)49-39-22-34(39)30-14-8-3-9-15-30/h1-15,31-39H,16-27H2,(H,47,52)(H,48,53)(H,49,54)/t31-,32+,33+,34+,35+,36+,37-,38-,39-,45?,46?/m0/s1. The lowest BCUT2D eigenvalue weighted by Crippen LogP contribution is -2.55. The van der Waals surface area contributed by atoms with E-state index in [-0.39, 0.29) is 78.5 Å². The summed E-state index contributed by atoms with van der Waals surface area (Å²) in [5.41, 5.74) is 2.44. The fourth-order valence-electron chi connectivity index (χ4n) is 11.1. The molecule has 10 nitrogen and oxygen atoms in total. The first-order valence-corrected chi connectivity index (χ1v) is 20.9. The maximum Gasteiger partial charge on any atom is 0.228 e. The molecule has 5 amide bonds. The molecule has 2 saturated heterocycles. The van der Waals surface area contributed by atoms with Crippen molar-refractivity contribution in [3.63, 3.8) is 0 Å². The lowest BCUT2D eigenvalue weighted by molar-refractivity contribution is -0.159. The van der Waals surface area contributed by atoms with E-state index in [2.05, 4.69) is 52.3 Å². The largest absolute Gasteiger partial charge is 0.352 e. The van der Waals surface area contributed by atoms with Crippen LogP contribution in [0.25, 0.3) is 0 Å².